The van der Waals surface area contributed by atoms with E-state index in [1.54, 1.807) is 0 Å². The van der Waals surface area contributed by atoms with Crippen LogP contribution in [0, 0.1) is 5.92 Å². The first kappa shape index (κ1) is 12.7. The molecule has 1 aromatic heterocycles. The van der Waals surface area contributed by atoms with Crippen LogP contribution in [0.2, 0.25) is 4.71 Å². The molecule has 0 spiro atoms. The summed E-state index contributed by atoms with van der Waals surface area (Å²) in [6.45, 7) is 3.98. The van der Waals surface area contributed by atoms with Crippen LogP contribution in [0.1, 0.15) is 12.8 Å². The Balaban J connectivity index is 1.57. The average molecular weight is 328 g/mol. The first-order valence-electron chi connectivity index (χ1n) is 7.42. The maximum atomic E-state index is 4.31. The van der Waals surface area contributed by atoms with Gasteiger partial charge in [0.15, 0.2) is 0 Å². The standard InChI is InChI=1S/C16H19AsN3/c1-2-4-12(5-3-1)14-10-18-19-16(14)17-15-11-20-8-6-13(15)7-9-20/h1-5,10,13,15H,6-9,11H2,(H,18,19). The summed E-state index contributed by atoms with van der Waals surface area (Å²) >= 11 is 0.186. The molecule has 0 saturated carbocycles. The third kappa shape index (κ3) is 2.34. The summed E-state index contributed by atoms with van der Waals surface area (Å²) in [6, 6.07) is 10.7. The van der Waals surface area contributed by atoms with E-state index in [0.29, 0.717) is 0 Å². The van der Waals surface area contributed by atoms with Crippen molar-refractivity contribution in [3.63, 3.8) is 0 Å². The minimum absolute atomic E-state index is 0.186. The number of aromatic amines is 1. The number of hydrogen-bond donors (Lipinski definition) is 1. The van der Waals surface area contributed by atoms with E-state index < -0.39 is 0 Å². The van der Waals surface area contributed by atoms with Crippen molar-refractivity contribution in [1.82, 2.24) is 15.1 Å². The van der Waals surface area contributed by atoms with Crippen LogP contribution in [0.5, 0.6) is 0 Å². The second kappa shape index (κ2) is 5.38. The fraction of sp³-hybridized carbons (Fsp3) is 0.438. The molecule has 3 aliphatic rings. The Bertz CT molecular complexity index is 572. The van der Waals surface area contributed by atoms with Gasteiger partial charge in [-0.15, -0.1) is 0 Å². The Morgan fingerprint density at radius 3 is 2.65 bits per heavy atom. The summed E-state index contributed by atoms with van der Waals surface area (Å²) in [5.41, 5.74) is 2.62. The van der Waals surface area contributed by atoms with E-state index in [2.05, 4.69) is 45.4 Å². The first-order valence-corrected chi connectivity index (χ1v) is 9.44. The fourth-order valence-corrected chi connectivity index (χ4v) is 6.80. The zero-order chi connectivity index (χ0) is 13.4. The van der Waals surface area contributed by atoms with Crippen molar-refractivity contribution in [2.75, 3.05) is 19.6 Å². The van der Waals surface area contributed by atoms with Crippen LogP contribution in [0.15, 0.2) is 36.5 Å². The number of piperidine rings is 3. The molecule has 0 amide bonds. The monoisotopic (exact) mass is 328 g/mol. The van der Waals surface area contributed by atoms with Crippen LogP contribution in [0.3, 0.4) is 0 Å². The van der Waals surface area contributed by atoms with Crippen molar-refractivity contribution in [3.05, 3.63) is 36.5 Å². The molecule has 0 aliphatic carbocycles. The molecule has 1 radical (unpaired) electrons. The van der Waals surface area contributed by atoms with Gasteiger partial charge in [0.1, 0.15) is 0 Å². The summed E-state index contributed by atoms with van der Waals surface area (Å²) in [5, 5.41) is 7.60. The first-order chi connectivity index (χ1) is 9.90. The second-order valence-electron chi connectivity index (χ2n) is 5.83. The maximum absolute atomic E-state index is 4.31. The zero-order valence-corrected chi connectivity index (χ0v) is 13.4. The number of fused-ring (bicyclic) bond motifs is 3. The van der Waals surface area contributed by atoms with Crippen molar-refractivity contribution < 1.29 is 0 Å². The number of benzene rings is 1. The minimum atomic E-state index is 0.186. The van der Waals surface area contributed by atoms with Crippen molar-refractivity contribution in [3.8, 4) is 11.1 Å². The van der Waals surface area contributed by atoms with Crippen LogP contribution in [-0.4, -0.2) is 50.5 Å². The molecule has 3 nitrogen and oxygen atoms in total. The van der Waals surface area contributed by atoms with Crippen LogP contribution in [-0.2, 0) is 0 Å². The summed E-state index contributed by atoms with van der Waals surface area (Å²) in [4.78, 5) is 2.65. The summed E-state index contributed by atoms with van der Waals surface area (Å²) < 4.78 is 2.31. The molecule has 20 heavy (non-hydrogen) atoms. The van der Waals surface area contributed by atoms with Crippen molar-refractivity contribution >= 4 is 20.2 Å². The van der Waals surface area contributed by atoms with E-state index in [4.69, 9.17) is 0 Å². The molecule has 3 aliphatic heterocycles. The van der Waals surface area contributed by atoms with E-state index in [9.17, 15) is 0 Å². The molecule has 103 valence electrons. The van der Waals surface area contributed by atoms with Gasteiger partial charge in [0.25, 0.3) is 0 Å². The van der Waals surface area contributed by atoms with Crippen LogP contribution in [0.25, 0.3) is 11.1 Å². The van der Waals surface area contributed by atoms with Crippen LogP contribution in [0.4, 0.5) is 0 Å². The molecule has 4 heterocycles. The average Bonchev–Trinajstić information content (AvgIpc) is 2.97. The summed E-state index contributed by atoms with van der Waals surface area (Å²) in [5.74, 6) is 0.965. The molecule has 2 aromatic rings. The second-order valence-corrected chi connectivity index (χ2v) is 8.70. The summed E-state index contributed by atoms with van der Waals surface area (Å²) in [7, 11) is 0. The number of hydrogen-bond acceptors (Lipinski definition) is 2. The molecule has 2 bridgehead atoms. The topological polar surface area (TPSA) is 31.9 Å². The van der Waals surface area contributed by atoms with Gasteiger partial charge in [-0.1, -0.05) is 0 Å². The van der Waals surface area contributed by atoms with Gasteiger partial charge in [-0.05, 0) is 0 Å². The number of aromatic nitrogens is 2. The van der Waals surface area contributed by atoms with Gasteiger partial charge in [0, 0.05) is 0 Å². The molecule has 1 N–H and O–H groups in total. The Kier molecular flexibility index (Phi) is 3.41. The predicted molar refractivity (Wildman–Crippen MR) is 82.3 cm³/mol. The Labute approximate surface area is 126 Å². The molecule has 3 fully saturated rings. The Hall–Kier alpha value is -1.05. The van der Waals surface area contributed by atoms with Crippen molar-refractivity contribution in [2.24, 2.45) is 5.92 Å². The Morgan fingerprint density at radius 1 is 1.15 bits per heavy atom. The van der Waals surface area contributed by atoms with E-state index in [0.717, 1.165) is 10.6 Å². The predicted octanol–water partition coefficient (Wildman–Crippen LogP) is 1.92. The van der Waals surface area contributed by atoms with Gasteiger partial charge in [-0.3, -0.25) is 0 Å². The Morgan fingerprint density at radius 2 is 1.95 bits per heavy atom. The van der Waals surface area contributed by atoms with Gasteiger partial charge in [-0.2, -0.15) is 0 Å². The van der Waals surface area contributed by atoms with E-state index in [1.807, 2.05) is 6.20 Å². The zero-order valence-electron chi connectivity index (χ0n) is 11.5. The number of nitrogens with zero attached hydrogens (tertiary/aromatic N) is 2. The number of nitrogens with one attached hydrogen (secondary N) is 1. The number of H-pyrrole nitrogens is 1. The van der Waals surface area contributed by atoms with Gasteiger partial charge in [0.2, 0.25) is 0 Å². The molecular formula is C16H19AsN3. The molecule has 5 rings (SSSR count). The normalized spacial score (nSPS) is 29.3. The molecule has 1 atom stereocenters. The van der Waals surface area contributed by atoms with Crippen molar-refractivity contribution in [2.45, 2.75) is 17.5 Å². The molecule has 3 saturated heterocycles. The van der Waals surface area contributed by atoms with E-state index in [1.165, 1.54) is 48.1 Å². The molecule has 4 heteroatoms. The SMILES string of the molecule is c1ccc(-c2cn[nH]c2[As]C2CN3CCC2CC3)cc1. The number of rotatable bonds is 3. The van der Waals surface area contributed by atoms with Crippen molar-refractivity contribution in [1.29, 1.82) is 0 Å². The quantitative estimate of drug-likeness (QED) is 0.873. The third-order valence-corrected chi connectivity index (χ3v) is 7.80. The van der Waals surface area contributed by atoms with Gasteiger partial charge in [0.05, 0.1) is 0 Å². The van der Waals surface area contributed by atoms with Crippen LogP contribution < -0.4 is 4.48 Å². The van der Waals surface area contributed by atoms with E-state index in [-0.39, 0.29) is 15.8 Å². The van der Waals surface area contributed by atoms with Crippen LogP contribution >= 0.6 is 0 Å². The van der Waals surface area contributed by atoms with E-state index >= 15 is 0 Å². The molecular weight excluding hydrogens is 309 g/mol. The van der Waals surface area contributed by atoms with Gasteiger partial charge in [-0.25, -0.2) is 0 Å². The molecule has 1 aromatic carbocycles. The van der Waals surface area contributed by atoms with Gasteiger partial charge < -0.3 is 0 Å². The molecule has 1 unspecified atom stereocenters. The fourth-order valence-electron chi connectivity index (χ4n) is 3.45. The van der Waals surface area contributed by atoms with Gasteiger partial charge >= 0.3 is 126 Å². The summed E-state index contributed by atoms with van der Waals surface area (Å²) in [6.07, 6.45) is 4.83. The third-order valence-electron chi connectivity index (χ3n) is 4.62.